The molecule has 0 aromatic heterocycles. The monoisotopic (exact) mass is 345 g/mol. The Balaban J connectivity index is 2.30. The van der Waals surface area contributed by atoms with Crippen molar-refractivity contribution in [2.45, 2.75) is 0 Å². The van der Waals surface area contributed by atoms with E-state index in [0.29, 0.717) is 21.9 Å². The summed E-state index contributed by atoms with van der Waals surface area (Å²) in [6.07, 6.45) is 1.51. The molecule has 1 amide bonds. The summed E-state index contributed by atoms with van der Waals surface area (Å²) in [5, 5.41) is 3.13. The topological polar surface area (TPSA) is 64.6 Å². The summed E-state index contributed by atoms with van der Waals surface area (Å²) in [7, 11) is 2.71. The minimum Gasteiger partial charge on any atom is -0.496 e. The van der Waals surface area contributed by atoms with Gasteiger partial charge in [-0.15, -0.1) is 0 Å². The lowest BCUT2D eigenvalue weighted by molar-refractivity contribution is -0.136. The Labute approximate surface area is 144 Å². The zero-order valence-electron chi connectivity index (χ0n) is 13.2. The van der Waals surface area contributed by atoms with Gasteiger partial charge in [0.15, 0.2) is 0 Å². The first-order valence-electron chi connectivity index (χ1n) is 7.05. The Morgan fingerprint density at radius 1 is 1.04 bits per heavy atom. The van der Waals surface area contributed by atoms with E-state index in [1.54, 1.807) is 48.5 Å². The van der Waals surface area contributed by atoms with Crippen molar-refractivity contribution in [2.24, 2.45) is 0 Å². The minimum absolute atomic E-state index is 0.00993. The molecule has 2 rings (SSSR count). The van der Waals surface area contributed by atoms with Crippen LogP contribution in [0.2, 0.25) is 5.02 Å². The van der Waals surface area contributed by atoms with Gasteiger partial charge in [0.05, 0.1) is 19.8 Å². The molecule has 0 atom stereocenters. The fourth-order valence-electron chi connectivity index (χ4n) is 2.00. The third-order valence-electron chi connectivity index (χ3n) is 3.19. The number of amides is 1. The summed E-state index contributed by atoms with van der Waals surface area (Å²) in [5.41, 5.74) is 1.02. The molecule has 24 heavy (non-hydrogen) atoms. The van der Waals surface area contributed by atoms with Gasteiger partial charge in [-0.2, -0.15) is 0 Å². The van der Waals surface area contributed by atoms with Crippen LogP contribution in [-0.2, 0) is 9.53 Å². The molecule has 0 aliphatic carbocycles. The van der Waals surface area contributed by atoms with Gasteiger partial charge in [0.25, 0.3) is 5.91 Å². The molecule has 0 spiro atoms. The molecule has 0 radical (unpaired) electrons. The van der Waals surface area contributed by atoms with E-state index in [2.05, 4.69) is 5.32 Å². The van der Waals surface area contributed by atoms with Gasteiger partial charge in [-0.3, -0.25) is 4.79 Å². The molecule has 0 unspecified atom stereocenters. The van der Waals surface area contributed by atoms with E-state index in [4.69, 9.17) is 21.1 Å². The molecule has 0 saturated carbocycles. The highest BCUT2D eigenvalue weighted by Gasteiger charge is 2.17. The quantitative estimate of drug-likeness (QED) is 0.667. The number of benzene rings is 2. The van der Waals surface area contributed by atoms with Gasteiger partial charge < -0.3 is 14.8 Å². The van der Waals surface area contributed by atoms with Gasteiger partial charge in [0.1, 0.15) is 11.4 Å². The van der Waals surface area contributed by atoms with Crippen molar-refractivity contribution in [1.82, 2.24) is 5.32 Å². The summed E-state index contributed by atoms with van der Waals surface area (Å²) >= 11 is 5.84. The van der Waals surface area contributed by atoms with E-state index in [0.717, 1.165) is 0 Å². The molecule has 5 nitrogen and oxygen atoms in total. The standard InChI is InChI=1S/C18H16ClNO4/c1-23-16-6-4-3-5-14(16)17(21)20-15(18(22)24-2)11-12-7-9-13(19)10-8-12/h3-11H,1-2H3,(H,20,21)/b15-11-. The van der Waals surface area contributed by atoms with Crippen LogP contribution in [0.15, 0.2) is 54.2 Å². The first-order valence-corrected chi connectivity index (χ1v) is 7.43. The predicted octanol–water partition coefficient (Wildman–Crippen LogP) is 3.29. The van der Waals surface area contributed by atoms with Crippen molar-refractivity contribution < 1.29 is 19.1 Å². The Morgan fingerprint density at radius 3 is 2.33 bits per heavy atom. The van der Waals surface area contributed by atoms with E-state index in [-0.39, 0.29) is 5.70 Å². The molecular formula is C18H16ClNO4. The number of halogens is 1. The van der Waals surface area contributed by atoms with Crippen LogP contribution >= 0.6 is 11.6 Å². The van der Waals surface area contributed by atoms with Crippen LogP contribution in [-0.4, -0.2) is 26.1 Å². The van der Waals surface area contributed by atoms with Gasteiger partial charge in [-0.05, 0) is 35.9 Å². The Hall–Kier alpha value is -2.79. The summed E-state index contributed by atoms with van der Waals surface area (Å²) < 4.78 is 9.88. The molecule has 0 aliphatic heterocycles. The first-order chi connectivity index (χ1) is 11.5. The van der Waals surface area contributed by atoms with Crippen molar-refractivity contribution in [1.29, 1.82) is 0 Å². The number of ether oxygens (including phenoxy) is 2. The number of carbonyl (C=O) groups is 2. The van der Waals surface area contributed by atoms with Crippen LogP contribution in [0.4, 0.5) is 0 Å². The number of nitrogens with one attached hydrogen (secondary N) is 1. The van der Waals surface area contributed by atoms with Gasteiger partial charge >= 0.3 is 5.97 Å². The molecule has 0 saturated heterocycles. The Kier molecular flexibility index (Phi) is 5.98. The highest BCUT2D eigenvalue weighted by molar-refractivity contribution is 6.30. The van der Waals surface area contributed by atoms with E-state index in [1.807, 2.05) is 0 Å². The van der Waals surface area contributed by atoms with Crippen LogP contribution in [0.1, 0.15) is 15.9 Å². The van der Waals surface area contributed by atoms with Gasteiger partial charge in [-0.25, -0.2) is 4.79 Å². The van der Waals surface area contributed by atoms with E-state index < -0.39 is 11.9 Å². The van der Waals surface area contributed by atoms with Crippen molar-refractivity contribution in [2.75, 3.05) is 14.2 Å². The second-order valence-electron chi connectivity index (χ2n) is 4.76. The molecule has 124 valence electrons. The Bertz CT molecular complexity index is 769. The van der Waals surface area contributed by atoms with E-state index in [9.17, 15) is 9.59 Å². The molecule has 2 aromatic carbocycles. The number of para-hydroxylation sites is 1. The second kappa shape index (κ2) is 8.17. The lowest BCUT2D eigenvalue weighted by Gasteiger charge is -2.11. The summed E-state index contributed by atoms with van der Waals surface area (Å²) in [6.45, 7) is 0. The van der Waals surface area contributed by atoms with Crippen LogP contribution in [0.3, 0.4) is 0 Å². The van der Waals surface area contributed by atoms with Crippen molar-refractivity contribution in [3.05, 3.63) is 70.4 Å². The van der Waals surface area contributed by atoms with Crippen LogP contribution in [0.5, 0.6) is 5.75 Å². The smallest absolute Gasteiger partial charge is 0.354 e. The zero-order valence-corrected chi connectivity index (χ0v) is 14.0. The zero-order chi connectivity index (χ0) is 17.5. The van der Waals surface area contributed by atoms with Gasteiger partial charge in [-0.1, -0.05) is 35.9 Å². The first kappa shape index (κ1) is 17.6. The minimum atomic E-state index is -0.659. The third-order valence-corrected chi connectivity index (χ3v) is 3.44. The summed E-state index contributed by atoms with van der Waals surface area (Å²) in [6, 6.07) is 13.5. The molecule has 2 aromatic rings. The number of hydrogen-bond acceptors (Lipinski definition) is 4. The fourth-order valence-corrected chi connectivity index (χ4v) is 2.13. The number of esters is 1. The predicted molar refractivity (Wildman–Crippen MR) is 91.9 cm³/mol. The number of methoxy groups -OCH3 is 2. The highest BCUT2D eigenvalue weighted by Crippen LogP contribution is 2.18. The van der Waals surface area contributed by atoms with Crippen LogP contribution in [0, 0.1) is 0 Å². The lowest BCUT2D eigenvalue weighted by atomic mass is 10.1. The van der Waals surface area contributed by atoms with Gasteiger partial charge in [0, 0.05) is 5.02 Å². The fraction of sp³-hybridized carbons (Fsp3) is 0.111. The molecule has 0 heterocycles. The molecular weight excluding hydrogens is 330 g/mol. The average Bonchev–Trinajstić information content (AvgIpc) is 2.62. The average molecular weight is 346 g/mol. The lowest BCUT2D eigenvalue weighted by Crippen LogP contribution is -2.28. The third kappa shape index (κ3) is 4.36. The normalized spacial score (nSPS) is 10.9. The highest BCUT2D eigenvalue weighted by atomic mass is 35.5. The summed E-state index contributed by atoms with van der Waals surface area (Å²) in [5.74, 6) is -0.725. The van der Waals surface area contributed by atoms with Crippen molar-refractivity contribution in [3.63, 3.8) is 0 Å². The molecule has 0 fully saturated rings. The number of hydrogen-bond donors (Lipinski definition) is 1. The maximum Gasteiger partial charge on any atom is 0.354 e. The van der Waals surface area contributed by atoms with Crippen molar-refractivity contribution >= 4 is 29.6 Å². The Morgan fingerprint density at radius 2 is 1.71 bits per heavy atom. The van der Waals surface area contributed by atoms with E-state index in [1.165, 1.54) is 20.3 Å². The summed E-state index contributed by atoms with van der Waals surface area (Å²) in [4.78, 5) is 24.4. The molecule has 0 bridgehead atoms. The number of carbonyl (C=O) groups excluding carboxylic acids is 2. The van der Waals surface area contributed by atoms with Gasteiger partial charge in [0.2, 0.25) is 0 Å². The maximum atomic E-state index is 12.4. The van der Waals surface area contributed by atoms with Crippen LogP contribution < -0.4 is 10.1 Å². The van der Waals surface area contributed by atoms with E-state index >= 15 is 0 Å². The molecule has 6 heteroatoms. The molecule has 1 N–H and O–H groups in total. The molecule has 0 aliphatic rings. The number of rotatable bonds is 5. The van der Waals surface area contributed by atoms with Crippen LogP contribution in [0.25, 0.3) is 6.08 Å². The largest absolute Gasteiger partial charge is 0.496 e. The maximum absolute atomic E-state index is 12.4. The SMILES string of the molecule is COC(=O)/C(=C/c1ccc(Cl)cc1)NC(=O)c1ccccc1OC. The second-order valence-corrected chi connectivity index (χ2v) is 5.19. The van der Waals surface area contributed by atoms with Crippen molar-refractivity contribution in [3.8, 4) is 5.75 Å².